The fourth-order valence-electron chi connectivity index (χ4n) is 2.24. The third-order valence-electron chi connectivity index (χ3n) is 3.63. The SMILES string of the molecule is COC1CC(NS(=O)(=O)c2cc(CN)cc(Br)c2C)C1. The van der Waals surface area contributed by atoms with Gasteiger partial charge in [-0.1, -0.05) is 15.9 Å². The number of nitrogens with two attached hydrogens (primary N) is 1. The molecule has 2 rings (SSSR count). The summed E-state index contributed by atoms with van der Waals surface area (Å²) in [5.74, 6) is 0. The van der Waals surface area contributed by atoms with E-state index in [4.69, 9.17) is 10.5 Å². The van der Waals surface area contributed by atoms with E-state index >= 15 is 0 Å². The highest BCUT2D eigenvalue weighted by Crippen LogP contribution is 2.28. The summed E-state index contributed by atoms with van der Waals surface area (Å²) >= 11 is 3.38. The number of methoxy groups -OCH3 is 1. The Labute approximate surface area is 128 Å². The lowest BCUT2D eigenvalue weighted by Gasteiger charge is -2.34. The van der Waals surface area contributed by atoms with E-state index in [1.54, 1.807) is 20.1 Å². The lowest BCUT2D eigenvalue weighted by molar-refractivity contribution is 0.0236. The summed E-state index contributed by atoms with van der Waals surface area (Å²) in [7, 11) is -1.89. The summed E-state index contributed by atoms with van der Waals surface area (Å²) < 4.78 is 33.6. The minimum Gasteiger partial charge on any atom is -0.381 e. The highest BCUT2D eigenvalue weighted by molar-refractivity contribution is 9.10. The molecule has 0 amide bonds. The van der Waals surface area contributed by atoms with E-state index in [2.05, 4.69) is 20.7 Å². The van der Waals surface area contributed by atoms with Gasteiger partial charge in [-0.2, -0.15) is 0 Å². The van der Waals surface area contributed by atoms with Crippen LogP contribution < -0.4 is 10.5 Å². The first kappa shape index (κ1) is 15.9. The van der Waals surface area contributed by atoms with Crippen LogP contribution in [0.4, 0.5) is 0 Å². The second-order valence-electron chi connectivity index (χ2n) is 5.05. The van der Waals surface area contributed by atoms with Crippen molar-refractivity contribution in [2.75, 3.05) is 7.11 Å². The molecule has 5 nitrogen and oxygen atoms in total. The molecule has 0 aliphatic heterocycles. The van der Waals surface area contributed by atoms with Crippen LogP contribution in [0.15, 0.2) is 21.5 Å². The highest BCUT2D eigenvalue weighted by atomic mass is 79.9. The summed E-state index contributed by atoms with van der Waals surface area (Å²) in [6.45, 7) is 2.08. The fourth-order valence-corrected chi connectivity index (χ4v) is 4.46. The monoisotopic (exact) mass is 362 g/mol. The number of nitrogens with one attached hydrogen (secondary N) is 1. The molecule has 1 saturated carbocycles. The molecular weight excluding hydrogens is 344 g/mol. The smallest absolute Gasteiger partial charge is 0.241 e. The molecule has 20 heavy (non-hydrogen) atoms. The van der Waals surface area contributed by atoms with Gasteiger partial charge in [0.2, 0.25) is 10.0 Å². The van der Waals surface area contributed by atoms with Gasteiger partial charge in [-0.3, -0.25) is 0 Å². The van der Waals surface area contributed by atoms with Crippen molar-refractivity contribution in [3.8, 4) is 0 Å². The van der Waals surface area contributed by atoms with Gasteiger partial charge < -0.3 is 10.5 Å². The van der Waals surface area contributed by atoms with E-state index in [-0.39, 0.29) is 17.0 Å². The second kappa shape index (κ2) is 6.11. The third-order valence-corrected chi connectivity index (χ3v) is 6.10. The Morgan fingerprint density at radius 3 is 2.65 bits per heavy atom. The van der Waals surface area contributed by atoms with E-state index in [0.29, 0.717) is 24.9 Å². The summed E-state index contributed by atoms with van der Waals surface area (Å²) in [6, 6.07) is 3.43. The van der Waals surface area contributed by atoms with Crippen LogP contribution in [-0.2, 0) is 21.3 Å². The Kier molecular flexibility index (Phi) is 4.86. The van der Waals surface area contributed by atoms with Gasteiger partial charge >= 0.3 is 0 Å². The zero-order chi connectivity index (χ0) is 14.9. The molecule has 0 atom stereocenters. The van der Waals surface area contributed by atoms with Crippen LogP contribution in [0.5, 0.6) is 0 Å². The molecule has 0 radical (unpaired) electrons. The van der Waals surface area contributed by atoms with Gasteiger partial charge in [-0.15, -0.1) is 0 Å². The highest BCUT2D eigenvalue weighted by Gasteiger charge is 2.33. The molecule has 1 fully saturated rings. The van der Waals surface area contributed by atoms with E-state index in [1.807, 2.05) is 6.07 Å². The van der Waals surface area contributed by atoms with Crippen LogP contribution in [0.2, 0.25) is 0 Å². The zero-order valence-electron chi connectivity index (χ0n) is 11.5. The van der Waals surface area contributed by atoms with Crippen LogP contribution in [-0.4, -0.2) is 27.7 Å². The number of hydrogen-bond donors (Lipinski definition) is 2. The number of halogens is 1. The van der Waals surface area contributed by atoms with Crippen molar-refractivity contribution in [1.82, 2.24) is 4.72 Å². The Bertz CT molecular complexity index is 598. The largest absolute Gasteiger partial charge is 0.381 e. The van der Waals surface area contributed by atoms with Crippen molar-refractivity contribution in [2.24, 2.45) is 5.73 Å². The quantitative estimate of drug-likeness (QED) is 0.834. The van der Waals surface area contributed by atoms with Crippen LogP contribution in [0.1, 0.15) is 24.0 Å². The lowest BCUT2D eigenvalue weighted by Crippen LogP contribution is -2.47. The molecule has 0 saturated heterocycles. The molecule has 1 aliphatic carbocycles. The summed E-state index contributed by atoms with van der Waals surface area (Å²) in [4.78, 5) is 0.285. The number of rotatable bonds is 5. The third kappa shape index (κ3) is 3.23. The van der Waals surface area contributed by atoms with Crippen molar-refractivity contribution in [1.29, 1.82) is 0 Å². The maximum Gasteiger partial charge on any atom is 0.241 e. The molecule has 1 aromatic rings. The van der Waals surface area contributed by atoms with Crippen molar-refractivity contribution >= 4 is 26.0 Å². The van der Waals surface area contributed by atoms with Gasteiger partial charge in [-0.25, -0.2) is 13.1 Å². The summed E-state index contributed by atoms with van der Waals surface area (Å²) in [5, 5.41) is 0. The van der Waals surface area contributed by atoms with E-state index in [9.17, 15) is 8.42 Å². The molecule has 0 spiro atoms. The molecule has 7 heteroatoms. The molecule has 1 aliphatic rings. The Morgan fingerprint density at radius 1 is 1.45 bits per heavy atom. The minimum absolute atomic E-state index is 0.0512. The number of benzene rings is 1. The predicted molar refractivity (Wildman–Crippen MR) is 80.9 cm³/mol. The molecule has 0 heterocycles. The Balaban J connectivity index is 2.23. The predicted octanol–water partition coefficient (Wildman–Crippen LogP) is 1.67. The molecule has 1 aromatic carbocycles. The molecule has 112 valence electrons. The number of sulfonamides is 1. The topological polar surface area (TPSA) is 81.4 Å². The van der Waals surface area contributed by atoms with E-state index in [1.165, 1.54) is 0 Å². The molecule has 3 N–H and O–H groups in total. The zero-order valence-corrected chi connectivity index (χ0v) is 13.9. The van der Waals surface area contributed by atoms with Gasteiger partial charge in [-0.05, 0) is 43.0 Å². The van der Waals surface area contributed by atoms with E-state index < -0.39 is 10.0 Å². The van der Waals surface area contributed by atoms with Gasteiger partial charge in [0.25, 0.3) is 0 Å². The van der Waals surface area contributed by atoms with Crippen molar-refractivity contribution in [3.05, 3.63) is 27.7 Å². The normalized spacial score (nSPS) is 22.6. The second-order valence-corrected chi connectivity index (χ2v) is 7.59. The molecule has 0 aromatic heterocycles. The van der Waals surface area contributed by atoms with Gasteiger partial charge in [0, 0.05) is 24.2 Å². The number of hydrogen-bond acceptors (Lipinski definition) is 4. The van der Waals surface area contributed by atoms with Gasteiger partial charge in [0.1, 0.15) is 0 Å². The molecular formula is C13H19BrN2O3S. The van der Waals surface area contributed by atoms with Crippen molar-refractivity contribution in [2.45, 2.75) is 43.4 Å². The molecule has 0 unspecified atom stereocenters. The first-order valence-electron chi connectivity index (χ1n) is 6.41. The van der Waals surface area contributed by atoms with Crippen LogP contribution in [0.25, 0.3) is 0 Å². The minimum atomic E-state index is -3.53. The summed E-state index contributed by atoms with van der Waals surface area (Å²) in [6.07, 6.45) is 1.59. The van der Waals surface area contributed by atoms with Crippen LogP contribution in [0.3, 0.4) is 0 Å². The van der Waals surface area contributed by atoms with Gasteiger partial charge in [0.15, 0.2) is 0 Å². The first-order valence-corrected chi connectivity index (χ1v) is 8.69. The first-order chi connectivity index (χ1) is 9.37. The van der Waals surface area contributed by atoms with Crippen LogP contribution in [0, 0.1) is 6.92 Å². The molecule has 0 bridgehead atoms. The maximum atomic E-state index is 12.5. The van der Waals surface area contributed by atoms with Crippen molar-refractivity contribution in [3.63, 3.8) is 0 Å². The van der Waals surface area contributed by atoms with Crippen molar-refractivity contribution < 1.29 is 13.2 Å². The van der Waals surface area contributed by atoms with Crippen LogP contribution >= 0.6 is 15.9 Å². The summed E-state index contributed by atoms with van der Waals surface area (Å²) in [5.41, 5.74) is 7.08. The standard InChI is InChI=1S/C13H19BrN2O3S/c1-8-12(14)3-9(7-15)4-13(8)20(17,18)16-10-5-11(6-10)19-2/h3-4,10-11,16H,5-7,15H2,1-2H3. The fraction of sp³-hybridized carbons (Fsp3) is 0.538. The lowest BCUT2D eigenvalue weighted by atomic mass is 9.90. The van der Waals surface area contributed by atoms with E-state index in [0.717, 1.165) is 10.0 Å². The maximum absolute atomic E-state index is 12.5. The van der Waals surface area contributed by atoms with Gasteiger partial charge in [0.05, 0.1) is 11.0 Å². The Hall–Kier alpha value is -0.470. The average Bonchev–Trinajstić information content (AvgIpc) is 2.36. The average molecular weight is 363 g/mol. The Morgan fingerprint density at radius 2 is 2.10 bits per heavy atom. The number of ether oxygens (including phenoxy) is 1.